The largest absolute Gasteiger partial charge is 0.465 e. The van der Waals surface area contributed by atoms with Gasteiger partial charge in [0.15, 0.2) is 5.76 Å². The number of benzene rings is 2. The van der Waals surface area contributed by atoms with Crippen molar-refractivity contribution in [3.05, 3.63) is 59.8 Å². The van der Waals surface area contributed by atoms with Gasteiger partial charge >= 0.3 is 5.97 Å². The lowest BCUT2D eigenvalue weighted by Gasteiger charge is -2.14. The average molecular weight is 390 g/mol. The lowest BCUT2D eigenvalue weighted by atomic mass is 9.93. The van der Waals surface area contributed by atoms with E-state index in [-0.39, 0.29) is 5.97 Å². The van der Waals surface area contributed by atoms with Gasteiger partial charge in [-0.15, -0.1) is 0 Å². The van der Waals surface area contributed by atoms with E-state index in [1.165, 1.54) is 0 Å². The van der Waals surface area contributed by atoms with Crippen molar-refractivity contribution in [2.24, 2.45) is 0 Å². The minimum absolute atomic E-state index is 0.126. The van der Waals surface area contributed by atoms with Crippen molar-refractivity contribution in [2.75, 3.05) is 11.9 Å². The number of aromatic nitrogens is 1. The van der Waals surface area contributed by atoms with E-state index >= 15 is 0 Å². The third-order valence-corrected chi connectivity index (χ3v) is 5.40. The van der Waals surface area contributed by atoms with Gasteiger partial charge in [0, 0.05) is 5.56 Å². The van der Waals surface area contributed by atoms with Gasteiger partial charge in [-0.2, -0.15) is 0 Å². The first-order chi connectivity index (χ1) is 14.1. The van der Waals surface area contributed by atoms with Crippen molar-refractivity contribution in [1.82, 2.24) is 5.16 Å². The number of ether oxygens (including phenoxy) is 1. The van der Waals surface area contributed by atoms with Gasteiger partial charge in [-0.05, 0) is 43.4 Å². The normalized spacial score (nSPS) is 14.3. The third kappa shape index (κ3) is 3.42. The number of carbonyl (C=O) groups is 2. The highest BCUT2D eigenvalue weighted by Gasteiger charge is 2.52. The summed E-state index contributed by atoms with van der Waals surface area (Å²) in [5, 5.41) is 6.56. The summed E-state index contributed by atoms with van der Waals surface area (Å²) in [6, 6.07) is 15.9. The topological polar surface area (TPSA) is 81.4 Å². The molecule has 0 radical (unpaired) electrons. The first-order valence-electron chi connectivity index (χ1n) is 9.64. The van der Waals surface area contributed by atoms with Crippen LogP contribution in [0.4, 0.5) is 5.69 Å². The van der Waals surface area contributed by atoms with E-state index in [2.05, 4.69) is 10.5 Å². The van der Waals surface area contributed by atoms with E-state index in [0.717, 1.165) is 35.1 Å². The molecule has 0 bridgehead atoms. The number of carbonyl (C=O) groups excluding carboxylic acids is 2. The Morgan fingerprint density at radius 1 is 1.10 bits per heavy atom. The van der Waals surface area contributed by atoms with Crippen LogP contribution >= 0.6 is 0 Å². The van der Waals surface area contributed by atoms with Gasteiger partial charge in [0.1, 0.15) is 11.4 Å². The van der Waals surface area contributed by atoms with Gasteiger partial charge in [-0.1, -0.05) is 53.7 Å². The molecule has 3 aromatic rings. The lowest BCUT2D eigenvalue weighted by molar-refractivity contribution is -0.146. The zero-order valence-corrected chi connectivity index (χ0v) is 16.4. The molecule has 6 nitrogen and oxygen atoms in total. The van der Waals surface area contributed by atoms with E-state index in [1.54, 1.807) is 6.92 Å². The minimum Gasteiger partial charge on any atom is -0.465 e. The highest BCUT2D eigenvalue weighted by atomic mass is 16.5. The summed E-state index contributed by atoms with van der Waals surface area (Å²) in [4.78, 5) is 23.1. The summed E-state index contributed by atoms with van der Waals surface area (Å²) >= 11 is 0. The molecule has 1 aliphatic carbocycles. The Labute approximate surface area is 168 Å². The summed E-state index contributed by atoms with van der Waals surface area (Å²) in [6.45, 7) is 4.01. The van der Waals surface area contributed by atoms with Crippen LogP contribution in [0.3, 0.4) is 0 Å². The van der Waals surface area contributed by atoms with Crippen LogP contribution in [0.5, 0.6) is 0 Å². The van der Waals surface area contributed by atoms with Gasteiger partial charge in [-0.25, -0.2) is 0 Å². The van der Waals surface area contributed by atoms with Crippen LogP contribution in [-0.2, 0) is 19.7 Å². The first kappa shape index (κ1) is 18.9. The van der Waals surface area contributed by atoms with Gasteiger partial charge < -0.3 is 14.6 Å². The van der Waals surface area contributed by atoms with Crippen molar-refractivity contribution in [3.8, 4) is 22.5 Å². The van der Waals surface area contributed by atoms with Crippen LogP contribution < -0.4 is 5.32 Å². The van der Waals surface area contributed by atoms with E-state index in [9.17, 15) is 9.59 Å². The van der Waals surface area contributed by atoms with Gasteiger partial charge in [0.2, 0.25) is 6.41 Å². The quantitative estimate of drug-likeness (QED) is 0.475. The second-order valence-corrected chi connectivity index (χ2v) is 7.19. The van der Waals surface area contributed by atoms with Gasteiger partial charge in [0.05, 0.1) is 12.0 Å². The standard InChI is InChI=1S/C23H22N2O4/c1-3-28-22(27)23(12-13-23)19-10-8-17(9-11-19)16-4-6-18(7-5-16)21-20(24-14-26)15(2)25-29-21/h4-11,14H,3,12-13H2,1-2H3,(H,24,26). The van der Waals surface area contributed by atoms with Crippen LogP contribution in [0.15, 0.2) is 53.1 Å². The Morgan fingerprint density at radius 2 is 1.69 bits per heavy atom. The first-order valence-corrected chi connectivity index (χ1v) is 9.64. The number of hydrogen-bond donors (Lipinski definition) is 1. The van der Waals surface area contributed by atoms with E-state index in [4.69, 9.17) is 9.26 Å². The Kier molecular flexibility index (Phi) is 4.92. The molecule has 0 saturated heterocycles. The molecule has 0 atom stereocenters. The Morgan fingerprint density at radius 3 is 2.24 bits per heavy atom. The van der Waals surface area contributed by atoms with Crippen molar-refractivity contribution in [2.45, 2.75) is 32.1 Å². The molecule has 1 amide bonds. The molecule has 1 aliphatic rings. The molecule has 1 fully saturated rings. The third-order valence-electron chi connectivity index (χ3n) is 5.40. The molecule has 0 unspecified atom stereocenters. The number of hydrogen-bond acceptors (Lipinski definition) is 5. The fourth-order valence-electron chi connectivity index (χ4n) is 3.60. The molecule has 0 spiro atoms. The molecule has 29 heavy (non-hydrogen) atoms. The molecule has 0 aliphatic heterocycles. The number of aryl methyl sites for hydroxylation is 1. The molecule has 2 aromatic carbocycles. The Balaban J connectivity index is 1.56. The maximum absolute atomic E-state index is 12.3. The Bertz CT molecular complexity index is 1030. The zero-order chi connectivity index (χ0) is 20.4. The zero-order valence-electron chi connectivity index (χ0n) is 16.4. The number of anilines is 1. The summed E-state index contributed by atoms with van der Waals surface area (Å²) < 4.78 is 10.6. The van der Waals surface area contributed by atoms with Crippen LogP contribution in [0, 0.1) is 6.92 Å². The van der Waals surface area contributed by atoms with Crippen molar-refractivity contribution < 1.29 is 18.8 Å². The summed E-state index contributed by atoms with van der Waals surface area (Å²) in [7, 11) is 0. The fraction of sp³-hybridized carbons (Fsp3) is 0.261. The number of esters is 1. The number of nitrogens with zero attached hydrogens (tertiary/aromatic N) is 1. The Hall–Kier alpha value is -3.41. The molecule has 148 valence electrons. The monoisotopic (exact) mass is 390 g/mol. The predicted octanol–water partition coefficient (Wildman–Crippen LogP) is 4.48. The molecular weight excluding hydrogens is 368 g/mol. The maximum atomic E-state index is 12.3. The predicted molar refractivity (Wildman–Crippen MR) is 109 cm³/mol. The smallest absolute Gasteiger partial charge is 0.316 e. The lowest BCUT2D eigenvalue weighted by Crippen LogP contribution is -2.23. The molecule has 6 heteroatoms. The van der Waals surface area contributed by atoms with Gasteiger partial charge in [0.25, 0.3) is 0 Å². The second-order valence-electron chi connectivity index (χ2n) is 7.19. The van der Waals surface area contributed by atoms with Crippen LogP contribution in [0.2, 0.25) is 0 Å². The summed E-state index contributed by atoms with van der Waals surface area (Å²) in [6.07, 6.45) is 2.29. The number of amides is 1. The molecule has 1 aromatic heterocycles. The number of nitrogens with one attached hydrogen (secondary N) is 1. The summed E-state index contributed by atoms with van der Waals surface area (Å²) in [5.41, 5.74) is 4.69. The van der Waals surface area contributed by atoms with Crippen LogP contribution in [0.1, 0.15) is 31.0 Å². The van der Waals surface area contributed by atoms with E-state index < -0.39 is 5.41 Å². The van der Waals surface area contributed by atoms with E-state index in [0.29, 0.717) is 30.2 Å². The highest BCUT2D eigenvalue weighted by Crippen LogP contribution is 2.49. The maximum Gasteiger partial charge on any atom is 0.316 e. The molecule has 1 saturated carbocycles. The van der Waals surface area contributed by atoms with Gasteiger partial charge in [-0.3, -0.25) is 9.59 Å². The van der Waals surface area contributed by atoms with Crippen molar-refractivity contribution >= 4 is 18.1 Å². The van der Waals surface area contributed by atoms with E-state index in [1.807, 2.05) is 55.5 Å². The molecule has 4 rings (SSSR count). The van der Waals surface area contributed by atoms with Crippen molar-refractivity contribution in [1.29, 1.82) is 0 Å². The molecule has 1 heterocycles. The second kappa shape index (κ2) is 7.54. The molecule has 1 N–H and O–H groups in total. The average Bonchev–Trinajstić information content (AvgIpc) is 3.49. The summed E-state index contributed by atoms with van der Waals surface area (Å²) in [5.74, 6) is 0.404. The van der Waals surface area contributed by atoms with Crippen molar-refractivity contribution in [3.63, 3.8) is 0 Å². The van der Waals surface area contributed by atoms with Crippen LogP contribution in [0.25, 0.3) is 22.5 Å². The number of rotatable bonds is 7. The molecular formula is C23H22N2O4. The SMILES string of the molecule is CCOC(=O)C1(c2ccc(-c3ccc(-c4onc(C)c4NC=O)cc3)cc2)CC1. The minimum atomic E-state index is -0.454. The fourth-order valence-corrected chi connectivity index (χ4v) is 3.60. The highest BCUT2D eigenvalue weighted by molar-refractivity contribution is 5.87. The van der Waals surface area contributed by atoms with Crippen LogP contribution in [-0.4, -0.2) is 24.1 Å².